The van der Waals surface area contributed by atoms with Crippen molar-refractivity contribution in [1.29, 1.82) is 0 Å². The number of thiophene rings is 1. The van der Waals surface area contributed by atoms with Gasteiger partial charge >= 0.3 is 0 Å². The third kappa shape index (κ3) is 2.63. The van der Waals surface area contributed by atoms with Crippen molar-refractivity contribution >= 4 is 23.1 Å². The van der Waals surface area contributed by atoms with Gasteiger partial charge in [0, 0.05) is 0 Å². The molecule has 0 aliphatic rings. The standard InChI is InChI=1S/C10H14N4S2/c1-15-6-4-7(11)9-12-10(14-13-9)8-3-2-5-16-8/h2-3,5,7H,4,6,11H2,1H3,(H,12,13,14)/t7-/m1/s1. The van der Waals surface area contributed by atoms with Gasteiger partial charge in [-0.1, -0.05) is 6.07 Å². The Balaban J connectivity index is 2.07. The van der Waals surface area contributed by atoms with Crippen molar-refractivity contribution in [2.75, 3.05) is 12.0 Å². The number of nitrogens with one attached hydrogen (secondary N) is 1. The van der Waals surface area contributed by atoms with E-state index >= 15 is 0 Å². The topological polar surface area (TPSA) is 67.6 Å². The molecule has 3 N–H and O–H groups in total. The molecule has 0 spiro atoms. The van der Waals surface area contributed by atoms with E-state index in [0.29, 0.717) is 0 Å². The van der Waals surface area contributed by atoms with Crippen LogP contribution < -0.4 is 5.73 Å². The molecule has 0 aromatic carbocycles. The molecule has 0 aliphatic carbocycles. The molecule has 6 heteroatoms. The predicted octanol–water partition coefficient (Wildman–Crippen LogP) is 2.29. The van der Waals surface area contributed by atoms with Crippen molar-refractivity contribution < 1.29 is 0 Å². The molecule has 0 unspecified atom stereocenters. The second kappa shape index (κ2) is 5.47. The summed E-state index contributed by atoms with van der Waals surface area (Å²) in [5.74, 6) is 2.55. The first-order valence-electron chi connectivity index (χ1n) is 5.02. The van der Waals surface area contributed by atoms with Gasteiger partial charge in [0.1, 0.15) is 5.82 Å². The predicted molar refractivity (Wildman–Crippen MR) is 69.6 cm³/mol. The molecule has 2 rings (SSSR count). The lowest BCUT2D eigenvalue weighted by molar-refractivity contribution is 0.658. The van der Waals surface area contributed by atoms with Gasteiger partial charge < -0.3 is 5.73 Å². The molecule has 2 aromatic rings. The number of aromatic nitrogens is 3. The van der Waals surface area contributed by atoms with Gasteiger partial charge in [-0.05, 0) is 29.9 Å². The molecular weight excluding hydrogens is 240 g/mol. The molecule has 2 heterocycles. The first-order valence-corrected chi connectivity index (χ1v) is 7.29. The van der Waals surface area contributed by atoms with Gasteiger partial charge in [-0.25, -0.2) is 4.98 Å². The first-order chi connectivity index (χ1) is 7.81. The SMILES string of the molecule is CSCC[C@@H](N)c1nc(-c2cccs2)n[nH]1. The molecule has 2 aromatic heterocycles. The van der Waals surface area contributed by atoms with E-state index < -0.39 is 0 Å². The Morgan fingerprint density at radius 2 is 2.50 bits per heavy atom. The van der Waals surface area contributed by atoms with Crippen LogP contribution >= 0.6 is 23.1 Å². The van der Waals surface area contributed by atoms with Crippen LogP contribution in [-0.4, -0.2) is 27.2 Å². The molecule has 0 bridgehead atoms. The third-order valence-corrected chi connectivity index (χ3v) is 3.74. The van der Waals surface area contributed by atoms with Crippen molar-refractivity contribution in [1.82, 2.24) is 15.2 Å². The molecule has 0 saturated heterocycles. The van der Waals surface area contributed by atoms with Gasteiger partial charge in [0.25, 0.3) is 0 Å². The molecule has 16 heavy (non-hydrogen) atoms. The van der Waals surface area contributed by atoms with Gasteiger partial charge in [-0.15, -0.1) is 11.3 Å². The number of H-pyrrole nitrogens is 1. The van der Waals surface area contributed by atoms with Crippen LogP contribution in [-0.2, 0) is 0 Å². The Morgan fingerprint density at radius 1 is 1.62 bits per heavy atom. The Bertz CT molecular complexity index is 424. The van der Waals surface area contributed by atoms with Crippen molar-refractivity contribution in [3.63, 3.8) is 0 Å². The number of thioether (sulfide) groups is 1. The first kappa shape index (κ1) is 11.6. The number of hydrogen-bond acceptors (Lipinski definition) is 5. The van der Waals surface area contributed by atoms with Gasteiger partial charge in [-0.3, -0.25) is 5.10 Å². The van der Waals surface area contributed by atoms with Crippen molar-refractivity contribution in [3.8, 4) is 10.7 Å². The molecule has 0 aliphatic heterocycles. The van der Waals surface area contributed by atoms with Crippen molar-refractivity contribution in [2.24, 2.45) is 5.73 Å². The van der Waals surface area contributed by atoms with Crippen LogP contribution in [0.5, 0.6) is 0 Å². The summed E-state index contributed by atoms with van der Waals surface area (Å²) in [5.41, 5.74) is 6.00. The number of rotatable bonds is 5. The molecule has 1 atom stereocenters. The minimum atomic E-state index is -0.0475. The maximum Gasteiger partial charge on any atom is 0.191 e. The van der Waals surface area contributed by atoms with Crippen LogP contribution in [0.15, 0.2) is 17.5 Å². The zero-order chi connectivity index (χ0) is 11.4. The van der Waals surface area contributed by atoms with Crippen LogP contribution in [0, 0.1) is 0 Å². The van der Waals surface area contributed by atoms with E-state index in [-0.39, 0.29) is 6.04 Å². The second-order valence-corrected chi connectivity index (χ2v) is 5.34. The molecule has 0 fully saturated rings. The summed E-state index contributed by atoms with van der Waals surface area (Å²) >= 11 is 3.42. The number of nitrogens with two attached hydrogens (primary N) is 1. The van der Waals surface area contributed by atoms with E-state index in [1.54, 1.807) is 23.1 Å². The summed E-state index contributed by atoms with van der Waals surface area (Å²) in [5, 5.41) is 9.10. The van der Waals surface area contributed by atoms with Gasteiger partial charge in [0.15, 0.2) is 5.82 Å². The molecule has 0 amide bonds. The van der Waals surface area contributed by atoms with E-state index in [1.165, 1.54) is 0 Å². The zero-order valence-corrected chi connectivity index (χ0v) is 10.6. The number of hydrogen-bond donors (Lipinski definition) is 2. The fourth-order valence-corrected chi connectivity index (χ4v) is 2.48. The fourth-order valence-electron chi connectivity index (χ4n) is 1.34. The fraction of sp³-hybridized carbons (Fsp3) is 0.400. The summed E-state index contributed by atoms with van der Waals surface area (Å²) in [7, 11) is 0. The summed E-state index contributed by atoms with van der Waals surface area (Å²) in [6.45, 7) is 0. The zero-order valence-electron chi connectivity index (χ0n) is 9.01. The molecule has 0 saturated carbocycles. The maximum absolute atomic E-state index is 6.00. The lowest BCUT2D eigenvalue weighted by atomic mass is 10.2. The number of aromatic amines is 1. The van der Waals surface area contributed by atoms with E-state index in [2.05, 4.69) is 21.4 Å². The van der Waals surface area contributed by atoms with Gasteiger partial charge in [-0.2, -0.15) is 16.9 Å². The highest BCUT2D eigenvalue weighted by atomic mass is 32.2. The normalized spacial score (nSPS) is 12.9. The minimum absolute atomic E-state index is 0.0475. The van der Waals surface area contributed by atoms with E-state index in [1.807, 2.05) is 17.5 Å². The maximum atomic E-state index is 6.00. The summed E-state index contributed by atoms with van der Waals surface area (Å²) in [4.78, 5) is 5.48. The molecule has 86 valence electrons. The Morgan fingerprint density at radius 3 is 3.19 bits per heavy atom. The smallest absolute Gasteiger partial charge is 0.191 e. The largest absolute Gasteiger partial charge is 0.321 e. The van der Waals surface area contributed by atoms with Crippen LogP contribution in [0.1, 0.15) is 18.3 Å². The highest BCUT2D eigenvalue weighted by Crippen LogP contribution is 2.22. The van der Waals surface area contributed by atoms with Crippen LogP contribution in [0.3, 0.4) is 0 Å². The summed E-state index contributed by atoms with van der Waals surface area (Å²) in [6.07, 6.45) is 2.99. The van der Waals surface area contributed by atoms with Crippen molar-refractivity contribution in [2.45, 2.75) is 12.5 Å². The summed E-state index contributed by atoms with van der Waals surface area (Å²) < 4.78 is 0. The minimum Gasteiger partial charge on any atom is -0.321 e. The summed E-state index contributed by atoms with van der Waals surface area (Å²) in [6, 6.07) is 3.95. The van der Waals surface area contributed by atoms with Gasteiger partial charge in [0.2, 0.25) is 0 Å². The van der Waals surface area contributed by atoms with Crippen LogP contribution in [0.25, 0.3) is 10.7 Å². The highest BCUT2D eigenvalue weighted by molar-refractivity contribution is 7.98. The third-order valence-electron chi connectivity index (χ3n) is 2.23. The molecule has 0 radical (unpaired) electrons. The monoisotopic (exact) mass is 254 g/mol. The second-order valence-electron chi connectivity index (χ2n) is 3.41. The van der Waals surface area contributed by atoms with E-state index in [4.69, 9.17) is 5.73 Å². The van der Waals surface area contributed by atoms with Crippen LogP contribution in [0.2, 0.25) is 0 Å². The Kier molecular flexibility index (Phi) is 3.98. The lowest BCUT2D eigenvalue weighted by Gasteiger charge is -2.05. The average molecular weight is 254 g/mol. The lowest BCUT2D eigenvalue weighted by Crippen LogP contribution is -2.12. The molecular formula is C10H14N4S2. The Labute approximate surface area is 103 Å². The van der Waals surface area contributed by atoms with E-state index in [9.17, 15) is 0 Å². The average Bonchev–Trinajstić information content (AvgIpc) is 2.94. The highest BCUT2D eigenvalue weighted by Gasteiger charge is 2.12. The van der Waals surface area contributed by atoms with Crippen molar-refractivity contribution in [3.05, 3.63) is 23.3 Å². The Hall–Kier alpha value is -0.850. The molecule has 4 nitrogen and oxygen atoms in total. The van der Waals surface area contributed by atoms with E-state index in [0.717, 1.165) is 28.7 Å². The quantitative estimate of drug-likeness (QED) is 0.859. The number of nitrogens with zero attached hydrogens (tertiary/aromatic N) is 2. The van der Waals surface area contributed by atoms with Gasteiger partial charge in [0.05, 0.1) is 10.9 Å². The van der Waals surface area contributed by atoms with Crippen LogP contribution in [0.4, 0.5) is 0 Å².